The van der Waals surface area contributed by atoms with Gasteiger partial charge in [-0.2, -0.15) is 0 Å². The average Bonchev–Trinajstić information content (AvgIpc) is 2.45. The predicted molar refractivity (Wildman–Crippen MR) is 79.6 cm³/mol. The van der Waals surface area contributed by atoms with Gasteiger partial charge in [0.1, 0.15) is 12.4 Å². The number of ether oxygens (including phenoxy) is 1. The second kappa shape index (κ2) is 6.04. The second-order valence-electron chi connectivity index (χ2n) is 4.63. The third kappa shape index (κ3) is 3.56. The lowest BCUT2D eigenvalue weighted by molar-refractivity contribution is -0.386. The number of nitrogens with two attached hydrogens (primary N) is 1. The molecule has 21 heavy (non-hydrogen) atoms. The molecule has 108 valence electrons. The third-order valence-electron chi connectivity index (χ3n) is 2.97. The first-order valence-electron chi connectivity index (χ1n) is 6.28. The van der Waals surface area contributed by atoms with Gasteiger partial charge in [0.25, 0.3) is 0 Å². The molecule has 0 aromatic heterocycles. The molecular formula is C15H15N3O3. The Hall–Kier alpha value is -2.89. The van der Waals surface area contributed by atoms with Crippen LogP contribution in [0.1, 0.15) is 16.7 Å². The zero-order valence-electron chi connectivity index (χ0n) is 11.5. The Morgan fingerprint density at radius 2 is 1.95 bits per heavy atom. The number of nitrogen functional groups attached to an aromatic ring is 1. The number of amidine groups is 1. The van der Waals surface area contributed by atoms with Gasteiger partial charge in [-0.25, -0.2) is 0 Å². The summed E-state index contributed by atoms with van der Waals surface area (Å²) in [5, 5.41) is 18.3. The minimum absolute atomic E-state index is 0.00297. The van der Waals surface area contributed by atoms with Crippen LogP contribution in [0.5, 0.6) is 5.75 Å². The standard InChI is InChI=1S/C15H15N3O3/c1-10-2-7-13(18(19)20)14(8-10)21-9-11-3-5-12(6-4-11)15(16)17/h2-8H,9H2,1H3,(H3,16,17). The van der Waals surface area contributed by atoms with Crippen molar-refractivity contribution >= 4 is 11.5 Å². The van der Waals surface area contributed by atoms with E-state index < -0.39 is 4.92 Å². The molecule has 0 unspecified atom stereocenters. The van der Waals surface area contributed by atoms with Gasteiger partial charge in [-0.05, 0) is 24.1 Å². The van der Waals surface area contributed by atoms with Gasteiger partial charge < -0.3 is 10.5 Å². The van der Waals surface area contributed by atoms with Gasteiger partial charge in [0.05, 0.1) is 4.92 Å². The van der Waals surface area contributed by atoms with Crippen molar-refractivity contribution in [3.05, 3.63) is 69.3 Å². The predicted octanol–water partition coefficient (Wildman–Crippen LogP) is 2.77. The molecule has 0 aliphatic carbocycles. The molecule has 0 fully saturated rings. The number of rotatable bonds is 5. The second-order valence-corrected chi connectivity index (χ2v) is 4.63. The maximum Gasteiger partial charge on any atom is 0.310 e. The number of nitro benzene ring substituents is 1. The first-order chi connectivity index (χ1) is 9.97. The molecule has 0 radical (unpaired) electrons. The van der Waals surface area contributed by atoms with E-state index in [1.165, 1.54) is 6.07 Å². The van der Waals surface area contributed by atoms with Crippen LogP contribution in [0.2, 0.25) is 0 Å². The van der Waals surface area contributed by atoms with Crippen LogP contribution in [-0.4, -0.2) is 10.8 Å². The zero-order chi connectivity index (χ0) is 15.4. The van der Waals surface area contributed by atoms with Crippen LogP contribution in [0.4, 0.5) is 5.69 Å². The lowest BCUT2D eigenvalue weighted by Gasteiger charge is -2.08. The maximum absolute atomic E-state index is 11.0. The van der Waals surface area contributed by atoms with E-state index in [-0.39, 0.29) is 23.9 Å². The van der Waals surface area contributed by atoms with E-state index in [1.807, 2.05) is 6.92 Å². The van der Waals surface area contributed by atoms with Crippen molar-refractivity contribution < 1.29 is 9.66 Å². The van der Waals surface area contributed by atoms with Crippen LogP contribution in [-0.2, 0) is 6.61 Å². The molecular weight excluding hydrogens is 270 g/mol. The number of nitrogens with one attached hydrogen (secondary N) is 1. The number of hydrogen-bond acceptors (Lipinski definition) is 4. The molecule has 0 saturated carbocycles. The lowest BCUT2D eigenvalue weighted by Crippen LogP contribution is -2.10. The van der Waals surface area contributed by atoms with Crippen LogP contribution in [0, 0.1) is 22.4 Å². The fourth-order valence-corrected chi connectivity index (χ4v) is 1.83. The summed E-state index contributed by atoms with van der Waals surface area (Å²) < 4.78 is 5.54. The SMILES string of the molecule is Cc1ccc([N+](=O)[O-])c(OCc2ccc(C(=N)N)cc2)c1. The molecule has 2 aromatic rings. The Kier molecular flexibility index (Phi) is 4.18. The minimum Gasteiger partial charge on any atom is -0.482 e. The van der Waals surface area contributed by atoms with Gasteiger partial charge in [-0.1, -0.05) is 30.3 Å². The molecule has 0 amide bonds. The van der Waals surface area contributed by atoms with Gasteiger partial charge in [0.15, 0.2) is 5.75 Å². The van der Waals surface area contributed by atoms with E-state index in [0.717, 1.165) is 11.1 Å². The van der Waals surface area contributed by atoms with Crippen molar-refractivity contribution in [1.29, 1.82) is 5.41 Å². The van der Waals surface area contributed by atoms with Crippen LogP contribution in [0.3, 0.4) is 0 Å². The number of nitrogens with zero attached hydrogens (tertiary/aromatic N) is 1. The topological polar surface area (TPSA) is 102 Å². The molecule has 0 saturated heterocycles. The monoisotopic (exact) mass is 285 g/mol. The molecule has 0 aliphatic rings. The Balaban J connectivity index is 2.14. The first-order valence-corrected chi connectivity index (χ1v) is 6.28. The van der Waals surface area contributed by atoms with E-state index >= 15 is 0 Å². The molecule has 2 aromatic carbocycles. The van der Waals surface area contributed by atoms with Crippen molar-refractivity contribution in [3.8, 4) is 5.75 Å². The quantitative estimate of drug-likeness (QED) is 0.381. The number of benzene rings is 2. The highest BCUT2D eigenvalue weighted by atomic mass is 16.6. The Morgan fingerprint density at radius 3 is 2.52 bits per heavy atom. The molecule has 6 nitrogen and oxygen atoms in total. The minimum atomic E-state index is -0.465. The summed E-state index contributed by atoms with van der Waals surface area (Å²) in [6.45, 7) is 2.06. The molecule has 2 rings (SSSR count). The van der Waals surface area contributed by atoms with Crippen molar-refractivity contribution in [3.63, 3.8) is 0 Å². The Bertz CT molecular complexity index is 681. The van der Waals surface area contributed by atoms with E-state index in [0.29, 0.717) is 5.56 Å². The molecule has 0 spiro atoms. The highest BCUT2D eigenvalue weighted by molar-refractivity contribution is 5.94. The number of nitro groups is 1. The molecule has 3 N–H and O–H groups in total. The van der Waals surface area contributed by atoms with E-state index in [1.54, 1.807) is 36.4 Å². The van der Waals surface area contributed by atoms with Gasteiger partial charge in [-0.3, -0.25) is 15.5 Å². The van der Waals surface area contributed by atoms with Gasteiger partial charge in [-0.15, -0.1) is 0 Å². The maximum atomic E-state index is 11.0. The fourth-order valence-electron chi connectivity index (χ4n) is 1.83. The molecule has 0 atom stereocenters. The lowest BCUT2D eigenvalue weighted by atomic mass is 10.1. The highest BCUT2D eigenvalue weighted by Crippen LogP contribution is 2.28. The smallest absolute Gasteiger partial charge is 0.310 e. The van der Waals surface area contributed by atoms with E-state index in [9.17, 15) is 10.1 Å². The van der Waals surface area contributed by atoms with Gasteiger partial charge in [0, 0.05) is 11.6 Å². The summed E-state index contributed by atoms with van der Waals surface area (Å²) in [5.41, 5.74) is 7.68. The first kappa shape index (κ1) is 14.5. The van der Waals surface area contributed by atoms with Crippen LogP contribution >= 0.6 is 0 Å². The zero-order valence-corrected chi connectivity index (χ0v) is 11.5. The van der Waals surface area contributed by atoms with E-state index in [2.05, 4.69) is 0 Å². The highest BCUT2D eigenvalue weighted by Gasteiger charge is 2.14. The van der Waals surface area contributed by atoms with Crippen LogP contribution in [0.25, 0.3) is 0 Å². The normalized spacial score (nSPS) is 10.1. The van der Waals surface area contributed by atoms with Crippen molar-refractivity contribution in [2.24, 2.45) is 5.73 Å². The van der Waals surface area contributed by atoms with Crippen molar-refractivity contribution in [2.75, 3.05) is 0 Å². The third-order valence-corrected chi connectivity index (χ3v) is 2.97. The largest absolute Gasteiger partial charge is 0.482 e. The molecule has 6 heteroatoms. The molecule has 0 bridgehead atoms. The number of hydrogen-bond donors (Lipinski definition) is 2. The summed E-state index contributed by atoms with van der Waals surface area (Å²) in [5.74, 6) is 0.243. The summed E-state index contributed by atoms with van der Waals surface area (Å²) in [4.78, 5) is 10.5. The number of aryl methyl sites for hydroxylation is 1. The Labute approximate surface area is 121 Å². The van der Waals surface area contributed by atoms with Gasteiger partial charge in [0.2, 0.25) is 0 Å². The summed E-state index contributed by atoms with van der Waals surface area (Å²) in [6.07, 6.45) is 0. The summed E-state index contributed by atoms with van der Waals surface area (Å²) >= 11 is 0. The molecule has 0 heterocycles. The summed E-state index contributed by atoms with van der Waals surface area (Å²) in [7, 11) is 0. The average molecular weight is 285 g/mol. The summed E-state index contributed by atoms with van der Waals surface area (Å²) in [6, 6.07) is 11.7. The van der Waals surface area contributed by atoms with Gasteiger partial charge >= 0.3 is 5.69 Å². The van der Waals surface area contributed by atoms with Crippen molar-refractivity contribution in [1.82, 2.24) is 0 Å². The van der Waals surface area contributed by atoms with Crippen LogP contribution in [0.15, 0.2) is 42.5 Å². The fraction of sp³-hybridized carbons (Fsp3) is 0.133. The van der Waals surface area contributed by atoms with Crippen LogP contribution < -0.4 is 10.5 Å². The molecule has 0 aliphatic heterocycles. The Morgan fingerprint density at radius 1 is 1.29 bits per heavy atom. The van der Waals surface area contributed by atoms with E-state index in [4.69, 9.17) is 15.9 Å². The van der Waals surface area contributed by atoms with Crippen molar-refractivity contribution in [2.45, 2.75) is 13.5 Å².